The summed E-state index contributed by atoms with van der Waals surface area (Å²) in [7, 11) is 0. The first kappa shape index (κ1) is 49.9. The van der Waals surface area contributed by atoms with E-state index in [4.69, 9.17) is 4.74 Å². The van der Waals surface area contributed by atoms with Gasteiger partial charge in [-0.3, -0.25) is 9.59 Å². The van der Waals surface area contributed by atoms with E-state index in [2.05, 4.69) is 26.1 Å². The second-order valence-corrected chi connectivity index (χ2v) is 15.8. The lowest BCUT2D eigenvalue weighted by Gasteiger charge is -2.24. The van der Waals surface area contributed by atoms with Crippen LogP contribution in [0.1, 0.15) is 252 Å². The van der Waals surface area contributed by atoms with Gasteiger partial charge in [-0.1, -0.05) is 213 Å². The van der Waals surface area contributed by atoms with Crippen LogP contribution in [0, 0.1) is 0 Å². The maximum atomic E-state index is 13.0. The zero-order valence-electron chi connectivity index (χ0n) is 34.5. The number of amides is 1. The van der Waals surface area contributed by atoms with Crippen molar-refractivity contribution in [3.05, 3.63) is 0 Å². The lowest BCUT2D eigenvalue weighted by atomic mass is 10.0. The smallest absolute Gasteiger partial charge is 0.306 e. The van der Waals surface area contributed by atoms with Gasteiger partial charge in [-0.25, -0.2) is 0 Å². The molecule has 0 rings (SSSR count). The summed E-state index contributed by atoms with van der Waals surface area (Å²) in [5, 5.41) is 23.6. The Hall–Kier alpha value is -1.14. The topological polar surface area (TPSA) is 95.9 Å². The van der Waals surface area contributed by atoms with Gasteiger partial charge in [0.25, 0.3) is 0 Å². The van der Waals surface area contributed by atoms with E-state index in [9.17, 15) is 19.8 Å². The lowest BCUT2D eigenvalue weighted by molar-refractivity contribution is -0.151. The van der Waals surface area contributed by atoms with Crippen LogP contribution >= 0.6 is 0 Å². The van der Waals surface area contributed by atoms with Crippen LogP contribution < -0.4 is 5.32 Å². The van der Waals surface area contributed by atoms with E-state index < -0.39 is 18.2 Å². The van der Waals surface area contributed by atoms with Crippen molar-refractivity contribution in [2.24, 2.45) is 0 Å². The Morgan fingerprint density at radius 1 is 0.490 bits per heavy atom. The first-order valence-electron chi connectivity index (χ1n) is 22.8. The molecule has 0 aromatic heterocycles. The third-order valence-electron chi connectivity index (χ3n) is 10.7. The van der Waals surface area contributed by atoms with E-state index in [1.807, 2.05) is 0 Å². The molecule has 51 heavy (non-hydrogen) atoms. The van der Waals surface area contributed by atoms with Crippen LogP contribution in [0.3, 0.4) is 0 Å². The summed E-state index contributed by atoms with van der Waals surface area (Å²) < 4.78 is 5.86. The third kappa shape index (κ3) is 35.6. The molecule has 3 N–H and O–H groups in total. The summed E-state index contributed by atoms with van der Waals surface area (Å²) in [5.41, 5.74) is 0. The number of carbonyl (C=O) groups excluding carboxylic acids is 2. The number of rotatable bonds is 41. The van der Waals surface area contributed by atoms with Gasteiger partial charge in [-0.05, 0) is 25.7 Å². The second kappa shape index (κ2) is 40.1. The van der Waals surface area contributed by atoms with Crippen LogP contribution in [0.4, 0.5) is 0 Å². The van der Waals surface area contributed by atoms with Crippen LogP contribution in [0.2, 0.25) is 0 Å². The number of aliphatic hydroxyl groups is 2. The minimum absolute atomic E-state index is 0.0851. The number of carbonyl (C=O) groups is 2. The number of aliphatic hydroxyl groups excluding tert-OH is 2. The van der Waals surface area contributed by atoms with Crippen LogP contribution in [0.15, 0.2) is 0 Å². The molecule has 304 valence electrons. The normalized spacial score (nSPS) is 13.3. The Kier molecular flexibility index (Phi) is 39.2. The molecule has 0 aromatic rings. The van der Waals surface area contributed by atoms with E-state index in [0.29, 0.717) is 19.3 Å². The van der Waals surface area contributed by atoms with Gasteiger partial charge in [0.15, 0.2) is 0 Å². The third-order valence-corrected chi connectivity index (χ3v) is 10.7. The summed E-state index contributed by atoms with van der Waals surface area (Å²) in [6.45, 7) is 6.45. The van der Waals surface area contributed by atoms with Crippen LogP contribution in [0.5, 0.6) is 0 Å². The SMILES string of the molecule is CCCCCCCCCCCCCCCCCC(O)C(CO)NC(=O)CC(CCCCCCCCC)OC(=O)CCCCCCCCCCCC. The summed E-state index contributed by atoms with van der Waals surface area (Å²) in [5.74, 6) is -0.466. The van der Waals surface area contributed by atoms with Crippen molar-refractivity contribution >= 4 is 11.9 Å². The summed E-state index contributed by atoms with van der Waals surface area (Å²) in [6.07, 6.45) is 40.3. The zero-order valence-corrected chi connectivity index (χ0v) is 34.5. The van der Waals surface area contributed by atoms with E-state index >= 15 is 0 Å². The van der Waals surface area contributed by atoms with Crippen molar-refractivity contribution in [2.45, 2.75) is 270 Å². The largest absolute Gasteiger partial charge is 0.462 e. The van der Waals surface area contributed by atoms with Gasteiger partial charge < -0.3 is 20.3 Å². The Labute approximate surface area is 317 Å². The van der Waals surface area contributed by atoms with Crippen molar-refractivity contribution in [1.29, 1.82) is 0 Å². The van der Waals surface area contributed by atoms with Crippen molar-refractivity contribution in [3.63, 3.8) is 0 Å². The van der Waals surface area contributed by atoms with Gasteiger partial charge in [0.05, 0.1) is 25.2 Å². The number of hydrogen-bond acceptors (Lipinski definition) is 5. The Morgan fingerprint density at radius 2 is 0.824 bits per heavy atom. The van der Waals surface area contributed by atoms with Gasteiger partial charge in [0, 0.05) is 6.42 Å². The summed E-state index contributed by atoms with van der Waals surface area (Å²) in [6, 6.07) is -0.689. The minimum atomic E-state index is -0.776. The highest BCUT2D eigenvalue weighted by molar-refractivity contribution is 5.77. The molecule has 6 nitrogen and oxygen atoms in total. The second-order valence-electron chi connectivity index (χ2n) is 15.8. The average Bonchev–Trinajstić information content (AvgIpc) is 3.12. The highest BCUT2D eigenvalue weighted by Gasteiger charge is 2.24. The number of hydrogen-bond donors (Lipinski definition) is 3. The molecule has 0 heterocycles. The maximum absolute atomic E-state index is 13.0. The average molecular weight is 724 g/mol. The van der Waals surface area contributed by atoms with Crippen LogP contribution in [-0.2, 0) is 14.3 Å². The molecule has 0 saturated heterocycles. The fourth-order valence-electron chi connectivity index (χ4n) is 7.20. The van der Waals surface area contributed by atoms with Crippen LogP contribution in [0.25, 0.3) is 0 Å². The molecule has 0 aliphatic rings. The summed E-state index contributed by atoms with van der Waals surface area (Å²) in [4.78, 5) is 25.8. The predicted molar refractivity (Wildman–Crippen MR) is 218 cm³/mol. The molecule has 0 aromatic carbocycles. The standard InChI is InChI=1S/C45H89NO5/c1-4-7-10-13-16-18-20-21-22-23-24-25-28-31-34-37-43(48)42(40-47)46-44(49)39-41(36-33-30-27-15-12-9-6-3)51-45(50)38-35-32-29-26-19-17-14-11-8-5-2/h41-43,47-48H,4-40H2,1-3H3,(H,46,49). The van der Waals surface area contributed by atoms with Gasteiger partial charge in [-0.15, -0.1) is 0 Å². The van der Waals surface area contributed by atoms with E-state index in [1.165, 1.54) is 161 Å². The quantitative estimate of drug-likeness (QED) is 0.0431. The van der Waals surface area contributed by atoms with Crippen molar-refractivity contribution in [3.8, 4) is 0 Å². The molecule has 0 aliphatic carbocycles. The number of nitrogens with one attached hydrogen (secondary N) is 1. The van der Waals surface area contributed by atoms with E-state index in [-0.39, 0.29) is 24.9 Å². The van der Waals surface area contributed by atoms with Gasteiger partial charge >= 0.3 is 5.97 Å². The first-order valence-corrected chi connectivity index (χ1v) is 22.8. The molecule has 6 heteroatoms. The molecule has 0 spiro atoms. The molecular weight excluding hydrogens is 634 g/mol. The van der Waals surface area contributed by atoms with Gasteiger partial charge in [0.1, 0.15) is 6.10 Å². The Bertz CT molecular complexity index is 731. The Balaban J connectivity index is 4.36. The fourth-order valence-corrected chi connectivity index (χ4v) is 7.20. The first-order chi connectivity index (χ1) is 25.0. The molecule has 0 fully saturated rings. The van der Waals surface area contributed by atoms with Crippen molar-refractivity contribution < 1.29 is 24.5 Å². The maximum Gasteiger partial charge on any atom is 0.306 e. The lowest BCUT2D eigenvalue weighted by Crippen LogP contribution is -2.46. The summed E-state index contributed by atoms with van der Waals surface area (Å²) >= 11 is 0. The predicted octanol–water partition coefficient (Wildman–Crippen LogP) is 12.8. The van der Waals surface area contributed by atoms with Crippen molar-refractivity contribution in [2.75, 3.05) is 6.61 Å². The minimum Gasteiger partial charge on any atom is -0.462 e. The van der Waals surface area contributed by atoms with E-state index in [1.54, 1.807) is 0 Å². The molecule has 1 amide bonds. The highest BCUT2D eigenvalue weighted by Crippen LogP contribution is 2.18. The monoisotopic (exact) mass is 724 g/mol. The number of unbranched alkanes of at least 4 members (excludes halogenated alkanes) is 29. The fraction of sp³-hybridized carbons (Fsp3) is 0.956. The highest BCUT2D eigenvalue weighted by atomic mass is 16.5. The zero-order chi connectivity index (χ0) is 37.5. The van der Waals surface area contributed by atoms with Gasteiger partial charge in [-0.2, -0.15) is 0 Å². The molecule has 0 saturated carbocycles. The molecular formula is C45H89NO5. The molecule has 0 aliphatic heterocycles. The molecule has 3 atom stereocenters. The number of esters is 1. The Morgan fingerprint density at radius 3 is 1.20 bits per heavy atom. The number of ether oxygens (including phenoxy) is 1. The molecule has 0 bridgehead atoms. The van der Waals surface area contributed by atoms with Crippen LogP contribution in [-0.4, -0.2) is 46.9 Å². The molecule has 3 unspecified atom stereocenters. The van der Waals surface area contributed by atoms with Crippen molar-refractivity contribution in [1.82, 2.24) is 5.32 Å². The van der Waals surface area contributed by atoms with Gasteiger partial charge in [0.2, 0.25) is 5.91 Å². The molecule has 0 radical (unpaired) electrons. The van der Waals surface area contributed by atoms with E-state index in [0.717, 1.165) is 44.9 Å².